The number of carbonyl (C=O) groups is 2. The molecule has 2 atom stereocenters. The fourth-order valence-corrected chi connectivity index (χ4v) is 2.86. The third kappa shape index (κ3) is 1.86. The first-order chi connectivity index (χ1) is 10.5. The standard InChI is InChI=1S/C11H15N7O4/c1-13-9(15-22-10(12)19)8-7-5(3-14-16(7)2)6-4-17(8)11(20)18(6)21/h3,6,8,21H,4H2,1-2H3,(H2,12,19)(H,13,15)/t6-,8-/m0/s1. The third-order valence-corrected chi connectivity index (χ3v) is 3.80. The van der Waals surface area contributed by atoms with Gasteiger partial charge in [0, 0.05) is 19.7 Å². The smallest absolute Gasteiger partial charge is 0.372 e. The number of hydroxylamine groups is 2. The first-order valence-corrected chi connectivity index (χ1v) is 6.48. The van der Waals surface area contributed by atoms with E-state index in [1.165, 1.54) is 4.90 Å². The van der Waals surface area contributed by atoms with Gasteiger partial charge in [0.25, 0.3) is 0 Å². The molecule has 11 heteroatoms. The van der Waals surface area contributed by atoms with Crippen molar-refractivity contribution in [2.24, 2.45) is 17.9 Å². The highest BCUT2D eigenvalue weighted by Gasteiger charge is 2.51. The minimum atomic E-state index is -1.07. The highest BCUT2D eigenvalue weighted by atomic mass is 16.7. The second kappa shape index (κ2) is 4.87. The Morgan fingerprint density at radius 3 is 3.00 bits per heavy atom. The summed E-state index contributed by atoms with van der Waals surface area (Å²) in [5, 5.41) is 21.2. The molecule has 0 unspecified atom stereocenters. The second-order valence-corrected chi connectivity index (χ2v) is 4.94. The predicted octanol–water partition coefficient (Wildman–Crippen LogP) is -0.729. The molecule has 2 bridgehead atoms. The highest BCUT2D eigenvalue weighted by Crippen LogP contribution is 2.42. The van der Waals surface area contributed by atoms with E-state index in [2.05, 4.69) is 20.4 Å². The Hall–Kier alpha value is -2.82. The molecule has 1 saturated heterocycles. The van der Waals surface area contributed by atoms with E-state index < -0.39 is 24.2 Å². The number of amides is 3. The molecule has 0 spiro atoms. The van der Waals surface area contributed by atoms with E-state index in [4.69, 9.17) is 5.73 Å². The Morgan fingerprint density at radius 1 is 1.64 bits per heavy atom. The van der Waals surface area contributed by atoms with Crippen LogP contribution in [0.2, 0.25) is 0 Å². The zero-order chi connectivity index (χ0) is 16.0. The number of hydrogen-bond donors (Lipinski definition) is 3. The molecule has 0 aromatic carbocycles. The van der Waals surface area contributed by atoms with E-state index in [0.717, 1.165) is 0 Å². The molecule has 1 aromatic rings. The zero-order valence-electron chi connectivity index (χ0n) is 11.9. The average Bonchev–Trinajstić information content (AvgIpc) is 2.98. The molecule has 11 nitrogen and oxygen atoms in total. The van der Waals surface area contributed by atoms with E-state index >= 15 is 0 Å². The number of amidine groups is 1. The Kier molecular flexibility index (Phi) is 3.13. The van der Waals surface area contributed by atoms with Gasteiger partial charge in [-0.05, 0) is 0 Å². The van der Waals surface area contributed by atoms with E-state index in [1.54, 1.807) is 25.0 Å². The number of nitrogens with zero attached hydrogens (tertiary/aromatic N) is 5. The number of primary amides is 1. The number of aryl methyl sites for hydroxylation is 1. The molecule has 2 aliphatic rings. The van der Waals surface area contributed by atoms with Gasteiger partial charge in [0.1, 0.15) is 12.1 Å². The SMILES string of the molecule is CN/C(=N\OC(N)=O)[C@@H]1c2c(cnn2C)[C@@H]2CN1C(=O)N2O. The zero-order valence-corrected chi connectivity index (χ0v) is 11.9. The lowest BCUT2D eigenvalue weighted by molar-refractivity contribution is -0.0586. The van der Waals surface area contributed by atoms with Crippen molar-refractivity contribution in [2.45, 2.75) is 12.1 Å². The molecule has 0 saturated carbocycles. The maximum absolute atomic E-state index is 12.2. The van der Waals surface area contributed by atoms with Crippen LogP contribution < -0.4 is 11.1 Å². The van der Waals surface area contributed by atoms with Gasteiger partial charge in [0.05, 0.1) is 18.4 Å². The van der Waals surface area contributed by atoms with Crippen molar-refractivity contribution in [1.29, 1.82) is 0 Å². The van der Waals surface area contributed by atoms with Gasteiger partial charge in [0.15, 0.2) is 5.84 Å². The van der Waals surface area contributed by atoms with Gasteiger partial charge in [-0.25, -0.2) is 9.59 Å². The van der Waals surface area contributed by atoms with Crippen LogP contribution in [0, 0.1) is 0 Å². The topological polar surface area (TPSA) is 138 Å². The van der Waals surface area contributed by atoms with Crippen LogP contribution in [0.3, 0.4) is 0 Å². The number of fused-ring (bicyclic) bond motifs is 4. The maximum Gasteiger partial charge on any atom is 0.430 e. The van der Waals surface area contributed by atoms with Gasteiger partial charge in [-0.3, -0.25) is 14.7 Å². The molecule has 3 heterocycles. The van der Waals surface area contributed by atoms with Gasteiger partial charge in [-0.2, -0.15) is 10.2 Å². The number of oxime groups is 1. The van der Waals surface area contributed by atoms with Crippen molar-refractivity contribution >= 4 is 18.0 Å². The Bertz CT molecular complexity index is 669. The number of carbonyl (C=O) groups excluding carboxylic acids is 2. The fraction of sp³-hybridized carbons (Fsp3) is 0.455. The molecular formula is C11H15N7O4. The monoisotopic (exact) mass is 309 g/mol. The lowest BCUT2D eigenvalue weighted by atomic mass is 9.97. The average molecular weight is 309 g/mol. The first kappa shape index (κ1) is 14.1. The lowest BCUT2D eigenvalue weighted by Crippen LogP contribution is -2.43. The van der Waals surface area contributed by atoms with Crippen LogP contribution >= 0.6 is 0 Å². The summed E-state index contributed by atoms with van der Waals surface area (Å²) in [5.41, 5.74) is 6.29. The Labute approximate surface area is 124 Å². The summed E-state index contributed by atoms with van der Waals surface area (Å²) in [5.74, 6) is 0.200. The molecule has 22 heavy (non-hydrogen) atoms. The molecular weight excluding hydrogens is 294 g/mol. The Morgan fingerprint density at radius 2 is 2.36 bits per heavy atom. The molecule has 1 aromatic heterocycles. The minimum absolute atomic E-state index is 0.200. The second-order valence-electron chi connectivity index (χ2n) is 4.94. The number of rotatable bonds is 2. The number of nitrogens with one attached hydrogen (secondary N) is 1. The summed E-state index contributed by atoms with van der Waals surface area (Å²) in [7, 11) is 3.29. The van der Waals surface area contributed by atoms with Crippen LogP contribution in [-0.2, 0) is 11.9 Å². The van der Waals surface area contributed by atoms with Gasteiger partial charge in [-0.15, -0.1) is 0 Å². The van der Waals surface area contributed by atoms with Crippen molar-refractivity contribution in [3.63, 3.8) is 0 Å². The highest BCUT2D eigenvalue weighted by molar-refractivity contribution is 5.93. The summed E-state index contributed by atoms with van der Waals surface area (Å²) in [4.78, 5) is 28.8. The van der Waals surface area contributed by atoms with Gasteiger partial charge >= 0.3 is 12.1 Å². The fourth-order valence-electron chi connectivity index (χ4n) is 2.86. The van der Waals surface area contributed by atoms with Crippen LogP contribution in [0.25, 0.3) is 0 Å². The lowest BCUT2D eigenvalue weighted by Gasteiger charge is -2.31. The molecule has 1 fully saturated rings. The number of aromatic nitrogens is 2. The number of hydrogen-bond acceptors (Lipinski definition) is 6. The molecule has 2 aliphatic heterocycles. The third-order valence-electron chi connectivity index (χ3n) is 3.80. The van der Waals surface area contributed by atoms with Gasteiger partial charge < -0.3 is 16.0 Å². The molecule has 4 N–H and O–H groups in total. The van der Waals surface area contributed by atoms with E-state index in [-0.39, 0.29) is 12.4 Å². The van der Waals surface area contributed by atoms with Crippen molar-refractivity contribution in [2.75, 3.05) is 13.6 Å². The summed E-state index contributed by atoms with van der Waals surface area (Å²) in [6.07, 6.45) is 0.525. The molecule has 3 amide bonds. The van der Waals surface area contributed by atoms with Gasteiger partial charge in [-0.1, -0.05) is 5.16 Å². The van der Waals surface area contributed by atoms with Gasteiger partial charge in [0.2, 0.25) is 0 Å². The largest absolute Gasteiger partial charge is 0.430 e. The van der Waals surface area contributed by atoms with Crippen LogP contribution in [0.1, 0.15) is 23.3 Å². The predicted molar refractivity (Wildman–Crippen MR) is 71.6 cm³/mol. The number of nitrogens with two attached hydrogens (primary N) is 1. The normalized spacial score (nSPS) is 23.6. The van der Waals surface area contributed by atoms with Crippen LogP contribution in [0.5, 0.6) is 0 Å². The number of urea groups is 1. The summed E-state index contributed by atoms with van der Waals surface area (Å²) < 4.78 is 1.59. The first-order valence-electron chi connectivity index (χ1n) is 6.48. The summed E-state index contributed by atoms with van der Waals surface area (Å²) in [6, 6.07) is -1.72. The summed E-state index contributed by atoms with van der Waals surface area (Å²) >= 11 is 0. The van der Waals surface area contributed by atoms with Crippen LogP contribution in [-0.4, -0.2) is 56.5 Å². The number of likely N-dealkylation sites (N-methyl/N-ethyl adjacent to an activating group) is 1. The Balaban J connectivity index is 2.10. The van der Waals surface area contributed by atoms with Crippen molar-refractivity contribution < 1.29 is 19.6 Å². The quantitative estimate of drug-likeness (QED) is 0.216. The summed E-state index contributed by atoms with van der Waals surface area (Å²) in [6.45, 7) is 0.274. The molecule has 0 radical (unpaired) electrons. The minimum Gasteiger partial charge on any atom is -0.372 e. The van der Waals surface area contributed by atoms with E-state index in [9.17, 15) is 14.8 Å². The van der Waals surface area contributed by atoms with E-state index in [0.29, 0.717) is 16.3 Å². The van der Waals surface area contributed by atoms with Crippen molar-refractivity contribution in [3.8, 4) is 0 Å². The van der Waals surface area contributed by atoms with E-state index in [1.807, 2.05) is 0 Å². The van der Waals surface area contributed by atoms with Crippen LogP contribution in [0.15, 0.2) is 11.4 Å². The van der Waals surface area contributed by atoms with Crippen molar-refractivity contribution in [1.82, 2.24) is 25.1 Å². The molecule has 0 aliphatic carbocycles. The molecule has 118 valence electrons. The van der Waals surface area contributed by atoms with Crippen molar-refractivity contribution in [3.05, 3.63) is 17.5 Å². The molecule has 3 rings (SSSR count). The maximum atomic E-state index is 12.2. The van der Waals surface area contributed by atoms with Crippen LogP contribution in [0.4, 0.5) is 9.59 Å².